The van der Waals surface area contributed by atoms with Crippen LogP contribution >= 0.6 is 0 Å². The highest BCUT2D eigenvalue weighted by Gasteiger charge is 2.36. The normalized spacial score (nSPS) is 29.3. The average Bonchev–Trinajstić information content (AvgIpc) is 2.34. The van der Waals surface area contributed by atoms with Gasteiger partial charge in [-0.3, -0.25) is 4.79 Å². The van der Waals surface area contributed by atoms with E-state index in [9.17, 15) is 9.90 Å². The molecule has 0 spiro atoms. The Labute approximate surface area is 111 Å². The molecule has 3 heteroatoms. The SMILES string of the molecule is CC1(C)CN(C(=O)CC2CCCCC2)CCC1O. The number of amides is 1. The van der Waals surface area contributed by atoms with Gasteiger partial charge in [0.2, 0.25) is 5.91 Å². The van der Waals surface area contributed by atoms with E-state index in [4.69, 9.17) is 0 Å². The Morgan fingerprint density at radius 1 is 1.22 bits per heavy atom. The molecule has 1 amide bonds. The van der Waals surface area contributed by atoms with Gasteiger partial charge in [0.25, 0.3) is 0 Å². The van der Waals surface area contributed by atoms with E-state index in [1.54, 1.807) is 0 Å². The monoisotopic (exact) mass is 253 g/mol. The summed E-state index contributed by atoms with van der Waals surface area (Å²) in [4.78, 5) is 14.3. The summed E-state index contributed by atoms with van der Waals surface area (Å²) in [6.07, 6.45) is 7.57. The summed E-state index contributed by atoms with van der Waals surface area (Å²) in [5.41, 5.74) is -0.152. The fourth-order valence-corrected chi connectivity index (χ4v) is 3.33. The lowest BCUT2D eigenvalue weighted by molar-refractivity contribution is -0.139. The van der Waals surface area contributed by atoms with Gasteiger partial charge in [-0.25, -0.2) is 0 Å². The molecule has 0 aromatic heterocycles. The lowest BCUT2D eigenvalue weighted by Crippen LogP contribution is -2.50. The van der Waals surface area contributed by atoms with Crippen LogP contribution < -0.4 is 0 Å². The number of hydrogen-bond donors (Lipinski definition) is 1. The first-order chi connectivity index (χ1) is 8.49. The zero-order valence-corrected chi connectivity index (χ0v) is 11.8. The van der Waals surface area contributed by atoms with Crippen molar-refractivity contribution < 1.29 is 9.90 Å². The molecule has 0 radical (unpaired) electrons. The summed E-state index contributed by atoms with van der Waals surface area (Å²) >= 11 is 0. The van der Waals surface area contributed by atoms with Crippen LogP contribution in [-0.2, 0) is 4.79 Å². The molecule has 1 unspecified atom stereocenters. The smallest absolute Gasteiger partial charge is 0.222 e. The van der Waals surface area contributed by atoms with Gasteiger partial charge < -0.3 is 10.0 Å². The fraction of sp³-hybridized carbons (Fsp3) is 0.933. The first-order valence-corrected chi connectivity index (χ1v) is 7.45. The van der Waals surface area contributed by atoms with Crippen molar-refractivity contribution in [1.82, 2.24) is 4.90 Å². The summed E-state index contributed by atoms with van der Waals surface area (Å²) in [6.45, 7) is 5.55. The highest BCUT2D eigenvalue weighted by atomic mass is 16.3. The Morgan fingerprint density at radius 3 is 2.50 bits per heavy atom. The average molecular weight is 253 g/mol. The third-order valence-electron chi connectivity index (χ3n) is 4.71. The zero-order chi connectivity index (χ0) is 13.2. The first kappa shape index (κ1) is 13.9. The van der Waals surface area contributed by atoms with Gasteiger partial charge in [-0.05, 0) is 25.2 Å². The maximum absolute atomic E-state index is 12.3. The number of rotatable bonds is 2. The van der Waals surface area contributed by atoms with Crippen molar-refractivity contribution in [2.75, 3.05) is 13.1 Å². The number of hydrogen-bond acceptors (Lipinski definition) is 2. The van der Waals surface area contributed by atoms with Crippen molar-refractivity contribution in [3.8, 4) is 0 Å². The minimum atomic E-state index is -0.267. The van der Waals surface area contributed by atoms with Crippen LogP contribution in [-0.4, -0.2) is 35.1 Å². The molecular formula is C15H27NO2. The quantitative estimate of drug-likeness (QED) is 0.821. The van der Waals surface area contributed by atoms with Gasteiger partial charge in [0, 0.05) is 24.9 Å². The van der Waals surface area contributed by atoms with E-state index in [0.29, 0.717) is 18.4 Å². The van der Waals surface area contributed by atoms with Gasteiger partial charge in [0.05, 0.1) is 6.10 Å². The molecule has 1 saturated carbocycles. The third kappa shape index (κ3) is 3.25. The summed E-state index contributed by atoms with van der Waals surface area (Å²) in [5.74, 6) is 0.920. The number of piperidine rings is 1. The van der Waals surface area contributed by atoms with E-state index < -0.39 is 0 Å². The second kappa shape index (κ2) is 5.60. The van der Waals surface area contributed by atoms with Crippen LogP contribution in [0.15, 0.2) is 0 Å². The number of aliphatic hydroxyl groups excluding tert-OH is 1. The molecule has 18 heavy (non-hydrogen) atoms. The van der Waals surface area contributed by atoms with Gasteiger partial charge in [-0.15, -0.1) is 0 Å². The van der Waals surface area contributed by atoms with Crippen LogP contribution in [0.3, 0.4) is 0 Å². The predicted molar refractivity (Wildman–Crippen MR) is 72.2 cm³/mol. The van der Waals surface area contributed by atoms with E-state index in [1.165, 1.54) is 32.1 Å². The maximum Gasteiger partial charge on any atom is 0.222 e. The fourth-order valence-electron chi connectivity index (χ4n) is 3.33. The van der Waals surface area contributed by atoms with Crippen molar-refractivity contribution in [2.24, 2.45) is 11.3 Å². The van der Waals surface area contributed by atoms with Crippen LogP contribution in [0.25, 0.3) is 0 Å². The minimum Gasteiger partial charge on any atom is -0.392 e. The van der Waals surface area contributed by atoms with E-state index >= 15 is 0 Å². The molecule has 1 heterocycles. The Morgan fingerprint density at radius 2 is 1.89 bits per heavy atom. The Hall–Kier alpha value is -0.570. The Kier molecular flexibility index (Phi) is 4.31. The molecule has 2 fully saturated rings. The molecule has 2 aliphatic rings. The van der Waals surface area contributed by atoms with E-state index in [2.05, 4.69) is 13.8 Å². The molecule has 1 aliphatic heterocycles. The number of nitrogens with zero attached hydrogens (tertiary/aromatic N) is 1. The van der Waals surface area contributed by atoms with E-state index in [1.807, 2.05) is 4.90 Å². The lowest BCUT2D eigenvalue weighted by Gasteiger charge is -2.42. The summed E-state index contributed by atoms with van der Waals surface area (Å²) < 4.78 is 0. The second-order valence-electron chi connectivity index (χ2n) is 6.82. The molecule has 1 saturated heterocycles. The van der Waals surface area contributed by atoms with Crippen LogP contribution in [0, 0.1) is 11.3 Å². The summed E-state index contributed by atoms with van der Waals surface area (Å²) in [6, 6.07) is 0. The number of likely N-dealkylation sites (tertiary alicyclic amines) is 1. The number of carbonyl (C=O) groups is 1. The van der Waals surface area contributed by atoms with Gasteiger partial charge in [-0.2, -0.15) is 0 Å². The topological polar surface area (TPSA) is 40.5 Å². The van der Waals surface area contributed by atoms with Crippen LogP contribution in [0.5, 0.6) is 0 Å². The number of carbonyl (C=O) groups excluding carboxylic acids is 1. The van der Waals surface area contributed by atoms with Crippen molar-refractivity contribution in [1.29, 1.82) is 0 Å². The Bertz CT molecular complexity index is 295. The molecule has 0 bridgehead atoms. The number of aliphatic hydroxyl groups is 1. The molecule has 1 aliphatic carbocycles. The van der Waals surface area contributed by atoms with Crippen LogP contribution in [0.1, 0.15) is 58.8 Å². The van der Waals surface area contributed by atoms with Gasteiger partial charge in [0.1, 0.15) is 0 Å². The highest BCUT2D eigenvalue weighted by molar-refractivity contribution is 5.76. The van der Waals surface area contributed by atoms with Crippen LogP contribution in [0.4, 0.5) is 0 Å². The third-order valence-corrected chi connectivity index (χ3v) is 4.71. The standard InChI is InChI=1S/C15H27NO2/c1-15(2)11-16(9-8-13(15)17)14(18)10-12-6-4-3-5-7-12/h12-13,17H,3-11H2,1-2H3. The van der Waals surface area contributed by atoms with Crippen molar-refractivity contribution in [2.45, 2.75) is 64.9 Å². The molecule has 104 valence electrons. The summed E-state index contributed by atoms with van der Waals surface area (Å²) in [7, 11) is 0. The second-order valence-corrected chi connectivity index (χ2v) is 6.82. The molecular weight excluding hydrogens is 226 g/mol. The first-order valence-electron chi connectivity index (χ1n) is 7.45. The van der Waals surface area contributed by atoms with Crippen molar-refractivity contribution in [3.63, 3.8) is 0 Å². The van der Waals surface area contributed by atoms with Gasteiger partial charge in [0.15, 0.2) is 0 Å². The lowest BCUT2D eigenvalue weighted by atomic mass is 9.80. The maximum atomic E-state index is 12.3. The van der Waals surface area contributed by atoms with Crippen LogP contribution in [0.2, 0.25) is 0 Å². The van der Waals surface area contributed by atoms with Gasteiger partial charge >= 0.3 is 0 Å². The predicted octanol–water partition coefficient (Wildman–Crippen LogP) is 2.58. The molecule has 0 aromatic carbocycles. The van der Waals surface area contributed by atoms with Gasteiger partial charge in [-0.1, -0.05) is 33.1 Å². The van der Waals surface area contributed by atoms with E-state index in [-0.39, 0.29) is 11.5 Å². The van der Waals surface area contributed by atoms with E-state index in [0.717, 1.165) is 19.4 Å². The van der Waals surface area contributed by atoms with Crippen molar-refractivity contribution >= 4 is 5.91 Å². The summed E-state index contributed by atoms with van der Waals surface area (Å²) in [5, 5.41) is 9.92. The highest BCUT2D eigenvalue weighted by Crippen LogP contribution is 2.31. The zero-order valence-electron chi connectivity index (χ0n) is 11.8. The molecule has 3 nitrogen and oxygen atoms in total. The molecule has 0 aromatic rings. The Balaban J connectivity index is 1.85. The largest absolute Gasteiger partial charge is 0.392 e. The molecule has 1 atom stereocenters. The molecule has 2 rings (SSSR count). The minimum absolute atomic E-state index is 0.152. The van der Waals surface area contributed by atoms with Crippen molar-refractivity contribution in [3.05, 3.63) is 0 Å². The molecule has 1 N–H and O–H groups in total.